The smallest absolute Gasteiger partial charge is 0.126 e. The van der Waals surface area contributed by atoms with Crippen molar-refractivity contribution in [2.75, 3.05) is 12.0 Å². The molecule has 0 fully saturated rings. The molecule has 4 aromatic rings. The van der Waals surface area contributed by atoms with Gasteiger partial charge in [0.15, 0.2) is 0 Å². The molecule has 0 aliphatic heterocycles. The fourth-order valence-electron chi connectivity index (χ4n) is 3.59. The van der Waals surface area contributed by atoms with Crippen molar-refractivity contribution in [2.45, 2.75) is 19.6 Å². The molecule has 0 spiro atoms. The first kappa shape index (κ1) is 21.3. The van der Waals surface area contributed by atoms with Gasteiger partial charge in [0, 0.05) is 30.4 Å². The van der Waals surface area contributed by atoms with E-state index >= 15 is 0 Å². The van der Waals surface area contributed by atoms with Gasteiger partial charge >= 0.3 is 0 Å². The molecule has 0 aliphatic carbocycles. The molecule has 0 saturated heterocycles. The van der Waals surface area contributed by atoms with Crippen LogP contribution in [0, 0.1) is 0 Å². The van der Waals surface area contributed by atoms with Crippen LogP contribution < -0.4 is 9.64 Å². The van der Waals surface area contributed by atoms with Crippen molar-refractivity contribution in [2.24, 2.45) is 10.2 Å². The molecule has 0 heterocycles. The average Bonchev–Trinajstić information content (AvgIpc) is 2.86. The number of rotatable bonds is 9. The largest absolute Gasteiger partial charge is 0.496 e. The van der Waals surface area contributed by atoms with Gasteiger partial charge in [-0.15, -0.1) is 0 Å². The summed E-state index contributed by atoms with van der Waals surface area (Å²) in [5, 5.41) is 8.67. The standard InChI is InChI=1S/C28H27N3O/c1-32-28-19-27(18-17-25(28)20-29-30-26-15-9-4-10-16-26)31(21-23-11-5-2-6-12-23)22-24-13-7-3-8-14-24/h2-19H,20-22H2,1H3. The van der Waals surface area contributed by atoms with Crippen molar-refractivity contribution in [1.29, 1.82) is 0 Å². The Kier molecular flexibility index (Phi) is 7.27. The number of anilines is 1. The highest BCUT2D eigenvalue weighted by molar-refractivity contribution is 5.54. The Hall–Kier alpha value is -3.92. The predicted molar refractivity (Wildman–Crippen MR) is 130 cm³/mol. The van der Waals surface area contributed by atoms with Crippen molar-refractivity contribution in [3.05, 3.63) is 126 Å². The Bertz CT molecular complexity index is 1090. The lowest BCUT2D eigenvalue weighted by atomic mass is 10.1. The van der Waals surface area contributed by atoms with Crippen molar-refractivity contribution in [3.8, 4) is 5.75 Å². The summed E-state index contributed by atoms with van der Waals surface area (Å²) < 4.78 is 5.71. The Balaban J connectivity index is 1.56. The summed E-state index contributed by atoms with van der Waals surface area (Å²) in [5.41, 5.74) is 5.50. The second kappa shape index (κ2) is 10.9. The van der Waals surface area contributed by atoms with Gasteiger partial charge in [-0.05, 0) is 29.3 Å². The van der Waals surface area contributed by atoms with E-state index < -0.39 is 0 Å². The summed E-state index contributed by atoms with van der Waals surface area (Å²) in [6.45, 7) is 2.09. The van der Waals surface area contributed by atoms with Crippen LogP contribution in [0.5, 0.6) is 5.75 Å². The number of hydrogen-bond donors (Lipinski definition) is 0. The zero-order chi connectivity index (χ0) is 22.0. The molecule has 4 rings (SSSR count). The van der Waals surface area contributed by atoms with E-state index in [0.29, 0.717) is 6.54 Å². The molecule has 0 bridgehead atoms. The summed E-state index contributed by atoms with van der Waals surface area (Å²) in [6.07, 6.45) is 0. The number of benzene rings is 4. The summed E-state index contributed by atoms with van der Waals surface area (Å²) in [5.74, 6) is 0.820. The highest BCUT2D eigenvalue weighted by Crippen LogP contribution is 2.29. The average molecular weight is 422 g/mol. The number of ether oxygens (including phenoxy) is 1. The third-order valence-corrected chi connectivity index (χ3v) is 5.25. The zero-order valence-electron chi connectivity index (χ0n) is 18.3. The third kappa shape index (κ3) is 5.82. The van der Waals surface area contributed by atoms with Gasteiger partial charge in [-0.1, -0.05) is 84.9 Å². The third-order valence-electron chi connectivity index (χ3n) is 5.25. The van der Waals surface area contributed by atoms with Crippen molar-refractivity contribution >= 4 is 11.4 Å². The van der Waals surface area contributed by atoms with Gasteiger partial charge in [0.2, 0.25) is 0 Å². The van der Waals surface area contributed by atoms with Crippen LogP contribution in [0.2, 0.25) is 0 Å². The first-order valence-corrected chi connectivity index (χ1v) is 10.7. The van der Waals surface area contributed by atoms with E-state index in [9.17, 15) is 0 Å². The summed E-state index contributed by atoms with van der Waals surface area (Å²) in [6, 6.07) is 37.1. The monoisotopic (exact) mass is 421 g/mol. The Morgan fingerprint density at radius 1 is 0.688 bits per heavy atom. The molecule has 0 amide bonds. The maximum atomic E-state index is 5.71. The van der Waals surface area contributed by atoms with Gasteiger partial charge in [0.05, 0.1) is 19.3 Å². The lowest BCUT2D eigenvalue weighted by molar-refractivity contribution is 0.409. The van der Waals surface area contributed by atoms with Crippen LogP contribution in [0.15, 0.2) is 119 Å². The van der Waals surface area contributed by atoms with Gasteiger partial charge in [-0.3, -0.25) is 0 Å². The van der Waals surface area contributed by atoms with E-state index in [2.05, 4.69) is 81.9 Å². The molecule has 4 heteroatoms. The molecule has 32 heavy (non-hydrogen) atoms. The molecular formula is C28H27N3O. The Morgan fingerprint density at radius 3 is 1.81 bits per heavy atom. The molecule has 160 valence electrons. The molecule has 4 aromatic carbocycles. The maximum absolute atomic E-state index is 5.71. The summed E-state index contributed by atoms with van der Waals surface area (Å²) >= 11 is 0. The Labute approximate surface area is 189 Å². The molecule has 0 N–H and O–H groups in total. The van der Waals surface area contributed by atoms with E-state index in [-0.39, 0.29) is 0 Å². The van der Waals surface area contributed by atoms with Crippen molar-refractivity contribution in [1.82, 2.24) is 0 Å². The van der Waals surface area contributed by atoms with Crippen LogP contribution in [0.25, 0.3) is 0 Å². The fourth-order valence-corrected chi connectivity index (χ4v) is 3.59. The lowest BCUT2D eigenvalue weighted by Crippen LogP contribution is -2.22. The predicted octanol–water partition coefficient (Wildman–Crippen LogP) is 7.19. The molecule has 0 aromatic heterocycles. The lowest BCUT2D eigenvalue weighted by Gasteiger charge is -2.26. The summed E-state index contributed by atoms with van der Waals surface area (Å²) in [7, 11) is 1.70. The molecule has 0 aliphatic rings. The fraction of sp³-hybridized carbons (Fsp3) is 0.143. The van der Waals surface area contributed by atoms with E-state index in [0.717, 1.165) is 35.8 Å². The quantitative estimate of drug-likeness (QED) is 0.268. The number of azo groups is 1. The molecule has 0 radical (unpaired) electrons. The highest BCUT2D eigenvalue weighted by atomic mass is 16.5. The van der Waals surface area contributed by atoms with Crippen LogP contribution >= 0.6 is 0 Å². The van der Waals surface area contributed by atoms with E-state index in [4.69, 9.17) is 4.74 Å². The second-order valence-electron chi connectivity index (χ2n) is 7.56. The molecule has 0 saturated carbocycles. The SMILES string of the molecule is COc1cc(N(Cc2ccccc2)Cc2ccccc2)ccc1CN=Nc1ccccc1. The van der Waals surface area contributed by atoms with Crippen LogP contribution in [-0.4, -0.2) is 7.11 Å². The first-order valence-electron chi connectivity index (χ1n) is 10.7. The molecule has 4 nitrogen and oxygen atoms in total. The van der Waals surface area contributed by atoms with Crippen LogP contribution in [-0.2, 0) is 19.6 Å². The van der Waals surface area contributed by atoms with E-state index in [1.807, 2.05) is 42.5 Å². The number of methoxy groups -OCH3 is 1. The molecular weight excluding hydrogens is 394 g/mol. The van der Waals surface area contributed by atoms with Gasteiger partial charge < -0.3 is 9.64 Å². The minimum absolute atomic E-state index is 0.468. The number of nitrogens with zero attached hydrogens (tertiary/aromatic N) is 3. The van der Waals surface area contributed by atoms with Gasteiger partial charge in [-0.25, -0.2) is 0 Å². The first-order chi connectivity index (χ1) is 15.8. The Morgan fingerprint density at radius 2 is 1.25 bits per heavy atom. The van der Waals surface area contributed by atoms with E-state index in [1.165, 1.54) is 11.1 Å². The van der Waals surface area contributed by atoms with Gasteiger partial charge in [-0.2, -0.15) is 10.2 Å². The van der Waals surface area contributed by atoms with Crippen LogP contribution in [0.3, 0.4) is 0 Å². The van der Waals surface area contributed by atoms with Gasteiger partial charge in [0.25, 0.3) is 0 Å². The molecule has 0 unspecified atom stereocenters. The highest BCUT2D eigenvalue weighted by Gasteiger charge is 2.12. The molecule has 0 atom stereocenters. The van der Waals surface area contributed by atoms with Crippen molar-refractivity contribution < 1.29 is 4.74 Å². The zero-order valence-corrected chi connectivity index (χ0v) is 18.3. The topological polar surface area (TPSA) is 37.2 Å². The minimum atomic E-state index is 0.468. The van der Waals surface area contributed by atoms with Crippen LogP contribution in [0.4, 0.5) is 11.4 Å². The van der Waals surface area contributed by atoms with Crippen molar-refractivity contribution in [3.63, 3.8) is 0 Å². The second-order valence-corrected chi connectivity index (χ2v) is 7.56. The minimum Gasteiger partial charge on any atom is -0.496 e. The summed E-state index contributed by atoms with van der Waals surface area (Å²) in [4.78, 5) is 2.36. The number of hydrogen-bond acceptors (Lipinski definition) is 4. The normalized spacial score (nSPS) is 10.9. The van der Waals surface area contributed by atoms with E-state index in [1.54, 1.807) is 7.11 Å². The maximum Gasteiger partial charge on any atom is 0.126 e. The van der Waals surface area contributed by atoms with Crippen LogP contribution in [0.1, 0.15) is 16.7 Å². The van der Waals surface area contributed by atoms with Gasteiger partial charge in [0.1, 0.15) is 5.75 Å².